The Morgan fingerprint density at radius 3 is 2.95 bits per heavy atom. The first kappa shape index (κ1) is 16.6. The largest absolute Gasteiger partial charge is 0.491 e. The maximum atomic E-state index is 12.4. The average Bonchev–Trinajstić information content (AvgIpc) is 2.42. The summed E-state index contributed by atoms with van der Waals surface area (Å²) in [6.07, 6.45) is 3.61. The van der Waals surface area contributed by atoms with Gasteiger partial charge in [-0.3, -0.25) is 4.79 Å². The van der Waals surface area contributed by atoms with Gasteiger partial charge in [0.15, 0.2) is 5.75 Å². The van der Waals surface area contributed by atoms with Crippen LogP contribution in [0, 0.1) is 5.92 Å². The highest BCUT2D eigenvalue weighted by Gasteiger charge is 2.26. The lowest BCUT2D eigenvalue weighted by Crippen LogP contribution is -2.34. The number of amides is 1. The number of benzene rings is 1. The van der Waals surface area contributed by atoms with Crippen LogP contribution >= 0.6 is 27.5 Å². The molecule has 1 aromatic rings. The maximum absolute atomic E-state index is 12.4. The van der Waals surface area contributed by atoms with E-state index in [0.29, 0.717) is 23.1 Å². The molecule has 2 atom stereocenters. The Labute approximate surface area is 138 Å². The molecule has 0 radical (unpaired) electrons. The first-order chi connectivity index (χ1) is 10.0. The summed E-state index contributed by atoms with van der Waals surface area (Å²) in [5, 5.41) is 3.48. The lowest BCUT2D eigenvalue weighted by Gasteiger charge is -2.26. The van der Waals surface area contributed by atoms with E-state index in [4.69, 9.17) is 22.1 Å². The zero-order valence-corrected chi connectivity index (χ0v) is 14.3. The maximum Gasteiger partial charge on any atom is 0.227 e. The number of carbonyl (C=O) groups is 1. The fourth-order valence-corrected chi connectivity index (χ4v) is 3.57. The molecule has 1 aliphatic rings. The average molecular weight is 376 g/mol. The van der Waals surface area contributed by atoms with Gasteiger partial charge in [-0.05, 0) is 54.2 Å². The van der Waals surface area contributed by atoms with Gasteiger partial charge in [0.2, 0.25) is 5.91 Å². The van der Waals surface area contributed by atoms with Gasteiger partial charge in [-0.25, -0.2) is 0 Å². The fourth-order valence-electron chi connectivity index (χ4n) is 2.64. The number of halogens is 2. The quantitative estimate of drug-likeness (QED) is 0.837. The van der Waals surface area contributed by atoms with E-state index < -0.39 is 0 Å². The molecular formula is C15H20BrClN2O2. The van der Waals surface area contributed by atoms with Gasteiger partial charge in [-0.2, -0.15) is 0 Å². The van der Waals surface area contributed by atoms with Crippen molar-refractivity contribution < 1.29 is 9.53 Å². The van der Waals surface area contributed by atoms with E-state index in [-0.39, 0.29) is 17.9 Å². The molecule has 6 heteroatoms. The van der Waals surface area contributed by atoms with Gasteiger partial charge in [0.25, 0.3) is 0 Å². The Morgan fingerprint density at radius 2 is 2.29 bits per heavy atom. The van der Waals surface area contributed by atoms with Gasteiger partial charge >= 0.3 is 0 Å². The molecule has 2 rings (SSSR count). The van der Waals surface area contributed by atoms with Crippen molar-refractivity contribution in [1.29, 1.82) is 0 Å². The van der Waals surface area contributed by atoms with Crippen LogP contribution in [0.5, 0.6) is 5.75 Å². The number of nitrogens with one attached hydrogen (secondary N) is 1. The summed E-state index contributed by atoms with van der Waals surface area (Å²) in [6, 6.07) is 3.57. The third-order valence-corrected chi connectivity index (χ3v) is 4.45. The van der Waals surface area contributed by atoms with Crippen molar-refractivity contribution in [3.05, 3.63) is 21.6 Å². The molecule has 1 fully saturated rings. The summed E-state index contributed by atoms with van der Waals surface area (Å²) < 4.78 is 6.32. The molecule has 0 saturated heterocycles. The third-order valence-electron chi connectivity index (χ3n) is 3.64. The molecule has 1 aliphatic carbocycles. The normalized spacial score (nSPS) is 21.9. The van der Waals surface area contributed by atoms with Crippen LogP contribution in [-0.4, -0.2) is 18.6 Å². The van der Waals surface area contributed by atoms with E-state index in [9.17, 15) is 4.79 Å². The highest BCUT2D eigenvalue weighted by Crippen LogP contribution is 2.37. The standard InChI is InChI=1S/C15H20BrClN2O2/c1-2-21-14-12(16)7-10(17)8-13(14)19-15(20)9-4-3-5-11(18)6-9/h7-9,11H,2-6,18H2,1H3,(H,19,20). The van der Waals surface area contributed by atoms with E-state index >= 15 is 0 Å². The van der Waals surface area contributed by atoms with Crippen molar-refractivity contribution in [2.24, 2.45) is 11.7 Å². The molecule has 0 heterocycles. The van der Waals surface area contributed by atoms with Crippen LogP contribution in [0.4, 0.5) is 5.69 Å². The van der Waals surface area contributed by atoms with Crippen molar-refractivity contribution in [3.8, 4) is 5.75 Å². The summed E-state index contributed by atoms with van der Waals surface area (Å²) in [7, 11) is 0. The molecule has 21 heavy (non-hydrogen) atoms. The van der Waals surface area contributed by atoms with Crippen LogP contribution in [0.1, 0.15) is 32.6 Å². The number of hydrogen-bond donors (Lipinski definition) is 2. The molecule has 0 aliphatic heterocycles. The summed E-state index contributed by atoms with van der Waals surface area (Å²) in [5.41, 5.74) is 6.55. The van der Waals surface area contributed by atoms with E-state index in [1.807, 2.05) is 6.92 Å². The minimum atomic E-state index is -0.0408. The second-order valence-corrected chi connectivity index (χ2v) is 6.60. The van der Waals surface area contributed by atoms with Crippen LogP contribution in [0.2, 0.25) is 5.02 Å². The number of rotatable bonds is 4. The minimum Gasteiger partial charge on any atom is -0.491 e. The molecular weight excluding hydrogens is 356 g/mol. The molecule has 0 spiro atoms. The van der Waals surface area contributed by atoms with Crippen LogP contribution < -0.4 is 15.8 Å². The third kappa shape index (κ3) is 4.34. The summed E-state index contributed by atoms with van der Waals surface area (Å²) >= 11 is 9.47. The van der Waals surface area contributed by atoms with E-state index in [2.05, 4.69) is 21.2 Å². The molecule has 1 amide bonds. The van der Waals surface area contributed by atoms with Gasteiger partial charge in [-0.1, -0.05) is 18.0 Å². The van der Waals surface area contributed by atoms with Crippen molar-refractivity contribution in [3.63, 3.8) is 0 Å². The van der Waals surface area contributed by atoms with Gasteiger partial charge in [-0.15, -0.1) is 0 Å². The zero-order valence-electron chi connectivity index (χ0n) is 12.0. The number of carbonyl (C=O) groups excluding carboxylic acids is 1. The van der Waals surface area contributed by atoms with Gasteiger partial charge in [0, 0.05) is 17.0 Å². The van der Waals surface area contributed by atoms with Crippen molar-refractivity contribution in [2.75, 3.05) is 11.9 Å². The highest BCUT2D eigenvalue weighted by atomic mass is 79.9. The monoisotopic (exact) mass is 374 g/mol. The second-order valence-electron chi connectivity index (χ2n) is 5.31. The number of nitrogens with two attached hydrogens (primary N) is 1. The van der Waals surface area contributed by atoms with Crippen molar-refractivity contribution in [1.82, 2.24) is 0 Å². The first-order valence-electron chi connectivity index (χ1n) is 7.19. The van der Waals surface area contributed by atoms with Crippen LogP contribution in [0.15, 0.2) is 16.6 Å². The Balaban J connectivity index is 2.16. The Hall–Kier alpha value is -0.780. The summed E-state index contributed by atoms with van der Waals surface area (Å²) in [6.45, 7) is 2.41. The molecule has 116 valence electrons. The first-order valence-corrected chi connectivity index (χ1v) is 8.36. The molecule has 2 unspecified atom stereocenters. The van der Waals surface area contributed by atoms with Crippen LogP contribution in [0.3, 0.4) is 0 Å². The zero-order chi connectivity index (χ0) is 15.4. The highest BCUT2D eigenvalue weighted by molar-refractivity contribution is 9.10. The Kier molecular flexibility index (Phi) is 5.90. The smallest absolute Gasteiger partial charge is 0.227 e. The van der Waals surface area contributed by atoms with E-state index in [1.54, 1.807) is 12.1 Å². The van der Waals surface area contributed by atoms with Gasteiger partial charge in [0.05, 0.1) is 16.8 Å². The Morgan fingerprint density at radius 1 is 1.52 bits per heavy atom. The fraction of sp³-hybridized carbons (Fsp3) is 0.533. The second kappa shape index (κ2) is 7.47. The minimum absolute atomic E-state index is 0.0136. The topological polar surface area (TPSA) is 64.3 Å². The lowest BCUT2D eigenvalue weighted by molar-refractivity contribution is -0.120. The molecule has 1 aromatic carbocycles. The summed E-state index contributed by atoms with van der Waals surface area (Å²) in [4.78, 5) is 12.4. The summed E-state index contributed by atoms with van der Waals surface area (Å²) in [5.74, 6) is 0.552. The number of hydrogen-bond acceptors (Lipinski definition) is 3. The van der Waals surface area contributed by atoms with Crippen LogP contribution in [-0.2, 0) is 4.79 Å². The van der Waals surface area contributed by atoms with Crippen molar-refractivity contribution >= 4 is 39.1 Å². The van der Waals surface area contributed by atoms with E-state index in [0.717, 1.165) is 30.2 Å². The molecule has 0 bridgehead atoms. The molecule has 1 saturated carbocycles. The van der Waals surface area contributed by atoms with Gasteiger partial charge in [0.1, 0.15) is 0 Å². The predicted molar refractivity (Wildman–Crippen MR) is 88.9 cm³/mol. The molecule has 3 N–H and O–H groups in total. The lowest BCUT2D eigenvalue weighted by atomic mass is 9.85. The van der Waals surface area contributed by atoms with E-state index in [1.165, 1.54) is 0 Å². The SMILES string of the molecule is CCOc1c(Br)cc(Cl)cc1NC(=O)C1CCCC(N)C1. The van der Waals surface area contributed by atoms with Gasteiger partial charge < -0.3 is 15.8 Å². The molecule has 4 nitrogen and oxygen atoms in total. The van der Waals surface area contributed by atoms with Crippen LogP contribution in [0.25, 0.3) is 0 Å². The van der Waals surface area contributed by atoms with Crippen molar-refractivity contribution in [2.45, 2.75) is 38.6 Å². The predicted octanol–water partition coefficient (Wildman–Crippen LogP) is 3.96. The number of ether oxygens (including phenoxy) is 1. The Bertz CT molecular complexity index is 525. The number of anilines is 1. The molecule has 0 aromatic heterocycles.